The fourth-order valence-corrected chi connectivity index (χ4v) is 3.29. The van der Waals surface area contributed by atoms with Crippen molar-refractivity contribution in [3.8, 4) is 6.07 Å². The van der Waals surface area contributed by atoms with Crippen molar-refractivity contribution in [2.24, 2.45) is 0 Å². The lowest BCUT2D eigenvalue weighted by molar-refractivity contribution is -0.124. The van der Waals surface area contributed by atoms with Crippen LogP contribution in [-0.2, 0) is 4.79 Å². The highest BCUT2D eigenvalue weighted by atomic mass is 35.5. The smallest absolute Gasteiger partial charge is 0.269 e. The third-order valence-corrected chi connectivity index (χ3v) is 5.38. The van der Waals surface area contributed by atoms with Crippen molar-refractivity contribution >= 4 is 29.1 Å². The summed E-state index contributed by atoms with van der Waals surface area (Å²) in [7, 11) is 0. The van der Waals surface area contributed by atoms with Gasteiger partial charge in [-0.2, -0.15) is 5.26 Å². The maximum absolute atomic E-state index is 13.0. The molecule has 162 valence electrons. The zero-order valence-corrected chi connectivity index (χ0v) is 17.9. The highest BCUT2D eigenvalue weighted by Gasteiger charge is 2.29. The third-order valence-electron chi connectivity index (χ3n) is 4.89. The largest absolute Gasteiger partial charge is 0.386 e. The van der Waals surface area contributed by atoms with E-state index in [9.17, 15) is 14.7 Å². The number of carbonyl (C=O) groups excluding carboxylic acids is 2. The lowest BCUT2D eigenvalue weighted by Crippen LogP contribution is -2.50. The van der Waals surface area contributed by atoms with Crippen LogP contribution in [0.4, 0.5) is 5.69 Å². The summed E-state index contributed by atoms with van der Waals surface area (Å²) in [5.41, 5.74) is 6.92. The summed E-state index contributed by atoms with van der Waals surface area (Å²) in [6.07, 6.45) is -1.24. The summed E-state index contributed by atoms with van der Waals surface area (Å²) in [4.78, 5) is 25.3. The van der Waals surface area contributed by atoms with Crippen LogP contribution in [0, 0.1) is 18.3 Å². The van der Waals surface area contributed by atoms with Crippen LogP contribution in [0.3, 0.4) is 0 Å². The zero-order chi connectivity index (χ0) is 23.1. The molecule has 0 heterocycles. The number of hydrogen-bond donors (Lipinski definition) is 4. The van der Waals surface area contributed by atoms with Crippen LogP contribution in [-0.4, -0.2) is 23.0 Å². The molecule has 0 saturated heterocycles. The maximum Gasteiger partial charge on any atom is 0.269 e. The first-order valence-electron chi connectivity index (χ1n) is 9.76. The van der Waals surface area contributed by atoms with Crippen LogP contribution in [0.25, 0.3) is 0 Å². The number of amides is 2. The monoisotopic (exact) mass is 448 g/mol. The first kappa shape index (κ1) is 22.8. The number of carbonyl (C=O) groups is 2. The SMILES string of the molecule is Cc1c(NC(C(=O)NNC(=O)c2ccccc2)C(O)c2ccccc2)ccc(C#N)c1Cl. The van der Waals surface area contributed by atoms with E-state index in [-0.39, 0.29) is 5.02 Å². The summed E-state index contributed by atoms with van der Waals surface area (Å²) in [5, 5.41) is 23.3. The fourth-order valence-electron chi connectivity index (χ4n) is 3.08. The lowest BCUT2D eigenvalue weighted by Gasteiger charge is -2.26. The minimum Gasteiger partial charge on any atom is -0.386 e. The third kappa shape index (κ3) is 5.24. The standard InChI is InChI=1S/C24H21ClN4O3/c1-15-19(13-12-18(14-26)20(15)25)27-21(22(30)16-8-4-2-5-9-16)24(32)29-28-23(31)17-10-6-3-7-11-17/h2-13,21-22,27,30H,1H3,(H,28,31)(H,29,32). The Hall–Kier alpha value is -3.86. The Kier molecular flexibility index (Phi) is 7.45. The Morgan fingerprint density at radius 1 is 0.969 bits per heavy atom. The lowest BCUT2D eigenvalue weighted by atomic mass is 10.0. The highest BCUT2D eigenvalue weighted by molar-refractivity contribution is 6.32. The number of anilines is 1. The number of halogens is 1. The van der Waals surface area contributed by atoms with Gasteiger partial charge in [0.2, 0.25) is 0 Å². The molecule has 0 aromatic heterocycles. The normalized spacial score (nSPS) is 12.2. The van der Waals surface area contributed by atoms with Crippen molar-refractivity contribution in [1.82, 2.24) is 10.9 Å². The minimum atomic E-state index is -1.24. The molecule has 3 aromatic carbocycles. The maximum atomic E-state index is 13.0. The first-order chi connectivity index (χ1) is 15.4. The molecule has 0 radical (unpaired) electrons. The Balaban J connectivity index is 1.84. The summed E-state index contributed by atoms with van der Waals surface area (Å²) in [5.74, 6) is -1.16. The number of benzene rings is 3. The van der Waals surface area contributed by atoms with E-state index in [1.165, 1.54) is 6.07 Å². The molecule has 7 nitrogen and oxygen atoms in total. The Morgan fingerprint density at radius 3 is 2.22 bits per heavy atom. The summed E-state index contributed by atoms with van der Waals surface area (Å²) < 4.78 is 0. The molecule has 2 amide bonds. The predicted octanol–water partition coefficient (Wildman–Crippen LogP) is 3.50. The van der Waals surface area contributed by atoms with Crippen molar-refractivity contribution in [2.45, 2.75) is 19.1 Å². The van der Waals surface area contributed by atoms with Crippen molar-refractivity contribution in [1.29, 1.82) is 5.26 Å². The van der Waals surface area contributed by atoms with Gasteiger partial charge in [-0.15, -0.1) is 0 Å². The van der Waals surface area contributed by atoms with Crippen molar-refractivity contribution in [3.05, 3.63) is 100 Å². The van der Waals surface area contributed by atoms with Gasteiger partial charge >= 0.3 is 0 Å². The molecule has 0 aliphatic carbocycles. The van der Waals surface area contributed by atoms with Crippen LogP contribution in [0.15, 0.2) is 72.8 Å². The van der Waals surface area contributed by atoms with E-state index < -0.39 is 24.0 Å². The Labute approximate surface area is 190 Å². The fraction of sp³-hybridized carbons (Fsp3) is 0.125. The topological polar surface area (TPSA) is 114 Å². The number of nitrogens with one attached hydrogen (secondary N) is 3. The number of nitrogens with zero attached hydrogens (tertiary/aromatic N) is 1. The molecule has 3 aromatic rings. The van der Waals surface area contributed by atoms with Gasteiger partial charge in [0.1, 0.15) is 18.2 Å². The summed E-state index contributed by atoms with van der Waals surface area (Å²) in [6.45, 7) is 1.70. The minimum absolute atomic E-state index is 0.253. The van der Waals surface area contributed by atoms with Crippen LogP contribution >= 0.6 is 11.6 Å². The molecular weight excluding hydrogens is 428 g/mol. The summed E-state index contributed by atoms with van der Waals surface area (Å²) in [6, 6.07) is 21.0. The average Bonchev–Trinajstić information content (AvgIpc) is 2.84. The van der Waals surface area contributed by atoms with Gasteiger partial charge in [-0.3, -0.25) is 20.4 Å². The van der Waals surface area contributed by atoms with Crippen LogP contribution in [0.5, 0.6) is 0 Å². The molecule has 3 rings (SSSR count). The van der Waals surface area contributed by atoms with Gasteiger partial charge in [-0.25, -0.2) is 0 Å². The van der Waals surface area contributed by atoms with Gasteiger partial charge in [0.05, 0.1) is 10.6 Å². The zero-order valence-electron chi connectivity index (χ0n) is 17.2. The highest BCUT2D eigenvalue weighted by Crippen LogP contribution is 2.29. The second-order valence-corrected chi connectivity index (χ2v) is 7.38. The number of hydrazine groups is 1. The molecule has 0 aliphatic heterocycles. The van der Waals surface area contributed by atoms with Crippen molar-refractivity contribution in [3.63, 3.8) is 0 Å². The van der Waals surface area contributed by atoms with Crippen LogP contribution in [0.1, 0.15) is 33.2 Å². The number of nitriles is 1. The average molecular weight is 449 g/mol. The van der Waals surface area contributed by atoms with Gasteiger partial charge in [0, 0.05) is 11.3 Å². The quantitative estimate of drug-likeness (QED) is 0.431. The molecule has 0 spiro atoms. The van der Waals surface area contributed by atoms with Gasteiger partial charge in [0.25, 0.3) is 11.8 Å². The van der Waals surface area contributed by atoms with E-state index in [0.717, 1.165) is 0 Å². The van der Waals surface area contributed by atoms with Gasteiger partial charge in [-0.1, -0.05) is 60.1 Å². The van der Waals surface area contributed by atoms with E-state index in [4.69, 9.17) is 16.9 Å². The number of aliphatic hydroxyl groups excluding tert-OH is 1. The molecule has 0 aliphatic rings. The van der Waals surface area contributed by atoms with E-state index in [1.54, 1.807) is 73.7 Å². The van der Waals surface area contributed by atoms with Crippen LogP contribution in [0.2, 0.25) is 5.02 Å². The Bertz CT molecular complexity index is 1150. The first-order valence-corrected chi connectivity index (χ1v) is 10.1. The molecule has 0 saturated carbocycles. The van der Waals surface area contributed by atoms with Crippen molar-refractivity contribution < 1.29 is 14.7 Å². The van der Waals surface area contributed by atoms with Gasteiger partial charge in [-0.05, 0) is 42.3 Å². The van der Waals surface area contributed by atoms with Crippen LogP contribution < -0.4 is 16.2 Å². The predicted molar refractivity (Wildman–Crippen MR) is 122 cm³/mol. The summed E-state index contributed by atoms with van der Waals surface area (Å²) >= 11 is 6.25. The molecule has 8 heteroatoms. The second kappa shape index (κ2) is 10.4. The molecule has 2 unspecified atom stereocenters. The molecular formula is C24H21ClN4O3. The van der Waals surface area contributed by atoms with E-state index in [2.05, 4.69) is 16.2 Å². The van der Waals surface area contributed by atoms with Gasteiger partial charge in [0.15, 0.2) is 0 Å². The molecule has 0 fully saturated rings. The number of aliphatic hydroxyl groups is 1. The van der Waals surface area contributed by atoms with E-state index in [1.807, 2.05) is 6.07 Å². The molecule has 32 heavy (non-hydrogen) atoms. The molecule has 0 bridgehead atoms. The van der Waals surface area contributed by atoms with E-state index in [0.29, 0.717) is 27.9 Å². The number of hydrogen-bond acceptors (Lipinski definition) is 5. The molecule has 2 atom stereocenters. The second-order valence-electron chi connectivity index (χ2n) is 7.00. The van der Waals surface area contributed by atoms with Gasteiger partial charge < -0.3 is 10.4 Å². The Morgan fingerprint density at radius 2 is 1.59 bits per heavy atom. The molecule has 4 N–H and O–H groups in total. The number of rotatable bonds is 6. The van der Waals surface area contributed by atoms with E-state index >= 15 is 0 Å². The van der Waals surface area contributed by atoms with Crippen molar-refractivity contribution in [2.75, 3.05) is 5.32 Å².